The summed E-state index contributed by atoms with van der Waals surface area (Å²) in [5.41, 5.74) is 5.77. The zero-order valence-corrected chi connectivity index (χ0v) is 12.9. The summed E-state index contributed by atoms with van der Waals surface area (Å²) in [4.78, 5) is 0. The molecular formula is C17H29N. The summed E-state index contributed by atoms with van der Waals surface area (Å²) in [5, 5.41) is 3.53. The van der Waals surface area contributed by atoms with Crippen LogP contribution in [-0.2, 0) is 0 Å². The van der Waals surface area contributed by atoms with E-state index in [2.05, 4.69) is 59.0 Å². The number of hydrogen-bond donors (Lipinski definition) is 1. The van der Waals surface area contributed by atoms with Crippen LogP contribution in [0.3, 0.4) is 0 Å². The summed E-state index contributed by atoms with van der Waals surface area (Å²) in [6.07, 6.45) is 1.21. The third-order valence-electron chi connectivity index (χ3n) is 4.12. The van der Waals surface area contributed by atoms with E-state index in [1.165, 1.54) is 28.7 Å². The zero-order valence-electron chi connectivity index (χ0n) is 12.9. The van der Waals surface area contributed by atoms with E-state index in [0.717, 1.165) is 13.1 Å². The van der Waals surface area contributed by atoms with Gasteiger partial charge < -0.3 is 5.32 Å². The summed E-state index contributed by atoms with van der Waals surface area (Å²) in [5.74, 6) is 1.30. The maximum atomic E-state index is 3.53. The predicted octanol–water partition coefficient (Wildman–Crippen LogP) is 4.35. The van der Waals surface area contributed by atoms with E-state index in [1.807, 2.05) is 0 Å². The minimum atomic E-state index is 0.619. The van der Waals surface area contributed by atoms with E-state index >= 15 is 0 Å². The van der Waals surface area contributed by atoms with Crippen LogP contribution in [0.25, 0.3) is 0 Å². The lowest BCUT2D eigenvalue weighted by atomic mass is 9.84. The van der Waals surface area contributed by atoms with Gasteiger partial charge in [0.1, 0.15) is 0 Å². The molecule has 0 fully saturated rings. The summed E-state index contributed by atoms with van der Waals surface area (Å²) in [7, 11) is 0. The number of rotatable bonds is 6. The highest BCUT2D eigenvalue weighted by Gasteiger charge is 2.16. The van der Waals surface area contributed by atoms with Crippen molar-refractivity contribution in [1.82, 2.24) is 5.32 Å². The number of benzene rings is 1. The molecule has 0 aliphatic heterocycles. The maximum Gasteiger partial charge on any atom is -0.00174 e. The van der Waals surface area contributed by atoms with Gasteiger partial charge in [0.2, 0.25) is 0 Å². The molecule has 0 aliphatic carbocycles. The van der Waals surface area contributed by atoms with Crippen LogP contribution >= 0.6 is 0 Å². The van der Waals surface area contributed by atoms with Gasteiger partial charge in [0.25, 0.3) is 0 Å². The first-order valence-corrected chi connectivity index (χ1v) is 7.25. The Kier molecular flexibility index (Phi) is 5.87. The van der Waals surface area contributed by atoms with Crippen molar-refractivity contribution in [1.29, 1.82) is 0 Å². The van der Waals surface area contributed by atoms with Crippen molar-refractivity contribution in [2.24, 2.45) is 5.92 Å². The molecule has 2 atom stereocenters. The fraction of sp³-hybridized carbons (Fsp3) is 0.647. The minimum absolute atomic E-state index is 0.619. The number of hydrogen-bond acceptors (Lipinski definition) is 1. The quantitative estimate of drug-likeness (QED) is 0.737. The molecule has 0 aromatic heterocycles. The lowest BCUT2D eigenvalue weighted by Crippen LogP contribution is -2.25. The molecule has 1 aromatic carbocycles. The van der Waals surface area contributed by atoms with Crippen LogP contribution in [0.15, 0.2) is 12.1 Å². The molecule has 1 aromatic rings. The molecule has 0 spiro atoms. The Balaban J connectivity index is 2.76. The van der Waals surface area contributed by atoms with Gasteiger partial charge in [-0.25, -0.2) is 0 Å². The molecule has 0 radical (unpaired) electrons. The normalized spacial score (nSPS) is 14.6. The third kappa shape index (κ3) is 3.84. The molecule has 0 saturated heterocycles. The molecule has 0 saturated carbocycles. The Hall–Kier alpha value is -0.820. The molecule has 1 rings (SSSR count). The highest BCUT2D eigenvalue weighted by Crippen LogP contribution is 2.28. The predicted molar refractivity (Wildman–Crippen MR) is 81.4 cm³/mol. The standard InChI is InChI=1S/C17H29N/c1-7-8-18-11-15(5)16(6)17-10-13(3)12(2)9-14(17)4/h9-10,15-16,18H,7-8,11H2,1-6H3. The summed E-state index contributed by atoms with van der Waals surface area (Å²) in [6.45, 7) is 15.8. The first-order chi connectivity index (χ1) is 8.47. The molecule has 0 aliphatic rings. The van der Waals surface area contributed by atoms with Crippen LogP contribution in [0, 0.1) is 26.7 Å². The molecule has 2 unspecified atom stereocenters. The van der Waals surface area contributed by atoms with E-state index in [4.69, 9.17) is 0 Å². The van der Waals surface area contributed by atoms with Crippen molar-refractivity contribution < 1.29 is 0 Å². The molecule has 0 bridgehead atoms. The first-order valence-electron chi connectivity index (χ1n) is 7.25. The lowest BCUT2D eigenvalue weighted by Gasteiger charge is -2.23. The van der Waals surface area contributed by atoms with Crippen molar-refractivity contribution in [3.8, 4) is 0 Å². The number of aryl methyl sites for hydroxylation is 3. The molecule has 102 valence electrons. The van der Waals surface area contributed by atoms with Gasteiger partial charge in [-0.05, 0) is 74.4 Å². The van der Waals surface area contributed by atoms with E-state index < -0.39 is 0 Å². The summed E-state index contributed by atoms with van der Waals surface area (Å²) >= 11 is 0. The second kappa shape index (κ2) is 6.94. The smallest absolute Gasteiger partial charge is 0.00174 e. The highest BCUT2D eigenvalue weighted by atomic mass is 14.8. The van der Waals surface area contributed by atoms with Crippen LogP contribution in [0.1, 0.15) is 55.4 Å². The van der Waals surface area contributed by atoms with Gasteiger partial charge >= 0.3 is 0 Å². The number of nitrogens with one attached hydrogen (secondary N) is 1. The Labute approximate surface area is 113 Å². The van der Waals surface area contributed by atoms with Gasteiger partial charge in [-0.2, -0.15) is 0 Å². The zero-order chi connectivity index (χ0) is 13.7. The summed E-state index contributed by atoms with van der Waals surface area (Å²) in [6, 6.07) is 4.71. The fourth-order valence-corrected chi connectivity index (χ4v) is 2.46. The Morgan fingerprint density at radius 3 is 2.22 bits per heavy atom. The van der Waals surface area contributed by atoms with E-state index in [9.17, 15) is 0 Å². The van der Waals surface area contributed by atoms with Crippen LogP contribution < -0.4 is 5.32 Å². The molecular weight excluding hydrogens is 218 g/mol. The van der Waals surface area contributed by atoms with E-state index in [0.29, 0.717) is 11.8 Å². The fourth-order valence-electron chi connectivity index (χ4n) is 2.46. The van der Waals surface area contributed by atoms with Crippen LogP contribution in [-0.4, -0.2) is 13.1 Å². The molecule has 1 heteroatoms. The van der Waals surface area contributed by atoms with Crippen molar-refractivity contribution >= 4 is 0 Å². The van der Waals surface area contributed by atoms with E-state index in [1.54, 1.807) is 0 Å². The van der Waals surface area contributed by atoms with Crippen molar-refractivity contribution in [2.45, 2.75) is 53.9 Å². The van der Waals surface area contributed by atoms with Gasteiger partial charge in [0, 0.05) is 0 Å². The second-order valence-electron chi connectivity index (χ2n) is 5.76. The van der Waals surface area contributed by atoms with Crippen molar-refractivity contribution in [3.05, 3.63) is 34.4 Å². The molecule has 1 N–H and O–H groups in total. The third-order valence-corrected chi connectivity index (χ3v) is 4.12. The Morgan fingerprint density at radius 2 is 1.61 bits per heavy atom. The Morgan fingerprint density at radius 1 is 1.00 bits per heavy atom. The average Bonchev–Trinajstić information content (AvgIpc) is 2.33. The topological polar surface area (TPSA) is 12.0 Å². The maximum absolute atomic E-state index is 3.53. The van der Waals surface area contributed by atoms with Gasteiger partial charge in [-0.1, -0.05) is 32.9 Å². The molecule has 0 heterocycles. The van der Waals surface area contributed by atoms with Gasteiger partial charge in [0.05, 0.1) is 0 Å². The van der Waals surface area contributed by atoms with Gasteiger partial charge in [0.15, 0.2) is 0 Å². The first kappa shape index (κ1) is 15.2. The van der Waals surface area contributed by atoms with Crippen molar-refractivity contribution in [2.75, 3.05) is 13.1 Å². The monoisotopic (exact) mass is 247 g/mol. The highest BCUT2D eigenvalue weighted by molar-refractivity contribution is 5.38. The molecule has 0 amide bonds. The summed E-state index contributed by atoms with van der Waals surface area (Å²) < 4.78 is 0. The minimum Gasteiger partial charge on any atom is -0.316 e. The van der Waals surface area contributed by atoms with Gasteiger partial charge in [-0.3, -0.25) is 0 Å². The Bertz CT molecular complexity index is 381. The van der Waals surface area contributed by atoms with Crippen molar-refractivity contribution in [3.63, 3.8) is 0 Å². The van der Waals surface area contributed by atoms with Crippen LogP contribution in [0.2, 0.25) is 0 Å². The van der Waals surface area contributed by atoms with Crippen LogP contribution in [0.5, 0.6) is 0 Å². The van der Waals surface area contributed by atoms with Crippen LogP contribution in [0.4, 0.5) is 0 Å². The van der Waals surface area contributed by atoms with Gasteiger partial charge in [-0.15, -0.1) is 0 Å². The SMILES string of the molecule is CCCNCC(C)C(C)c1cc(C)c(C)cc1C. The molecule has 18 heavy (non-hydrogen) atoms. The second-order valence-corrected chi connectivity index (χ2v) is 5.76. The lowest BCUT2D eigenvalue weighted by molar-refractivity contribution is 0.447. The largest absolute Gasteiger partial charge is 0.316 e. The van der Waals surface area contributed by atoms with E-state index in [-0.39, 0.29) is 0 Å². The molecule has 1 nitrogen and oxygen atoms in total. The average molecular weight is 247 g/mol.